The molecule has 1 N–H and O–H groups in total. The second-order valence-electron chi connectivity index (χ2n) is 6.19. The lowest BCUT2D eigenvalue weighted by molar-refractivity contribution is 0.293. The van der Waals surface area contributed by atoms with E-state index in [1.807, 2.05) is 0 Å². The van der Waals surface area contributed by atoms with Gasteiger partial charge in [0.1, 0.15) is 0 Å². The summed E-state index contributed by atoms with van der Waals surface area (Å²) in [7, 11) is 2.26. The van der Waals surface area contributed by atoms with E-state index in [2.05, 4.69) is 71.3 Å². The molecule has 3 unspecified atom stereocenters. The van der Waals surface area contributed by atoms with Gasteiger partial charge >= 0.3 is 0 Å². The van der Waals surface area contributed by atoms with E-state index in [1.165, 1.54) is 24.9 Å². The molecule has 0 aromatic heterocycles. The fourth-order valence-electron chi connectivity index (χ4n) is 2.82. The highest BCUT2D eigenvalue weighted by Gasteiger charge is 2.33. The molecule has 2 rings (SSSR count). The summed E-state index contributed by atoms with van der Waals surface area (Å²) in [4.78, 5) is 2.50. The summed E-state index contributed by atoms with van der Waals surface area (Å²) < 4.78 is 1.15. The van der Waals surface area contributed by atoms with Crippen LogP contribution in [0.1, 0.15) is 38.3 Å². The molecule has 3 heteroatoms. The van der Waals surface area contributed by atoms with Crippen LogP contribution in [-0.4, -0.2) is 31.6 Å². The number of rotatable bonds is 8. The van der Waals surface area contributed by atoms with Gasteiger partial charge in [0.05, 0.1) is 0 Å². The van der Waals surface area contributed by atoms with Crippen LogP contribution in [0.25, 0.3) is 0 Å². The number of halogens is 1. The Hall–Kier alpha value is -0.380. The first kappa shape index (κ1) is 16.0. The van der Waals surface area contributed by atoms with E-state index in [0.29, 0.717) is 6.04 Å². The standard InChI is InChI=1S/C17H27BrN2/c1-4-19-17(14-5-7-16(18)8-6-14)9-10-20(3)12-15-11-13(15)2/h5-8,13,15,17,19H,4,9-12H2,1-3H3. The van der Waals surface area contributed by atoms with Gasteiger partial charge in [0.2, 0.25) is 0 Å². The second-order valence-corrected chi connectivity index (χ2v) is 7.10. The predicted octanol–water partition coefficient (Wildman–Crippen LogP) is 4.08. The highest BCUT2D eigenvalue weighted by molar-refractivity contribution is 9.10. The second kappa shape index (κ2) is 7.58. The Balaban J connectivity index is 1.83. The van der Waals surface area contributed by atoms with Gasteiger partial charge in [0.15, 0.2) is 0 Å². The molecule has 1 aliphatic carbocycles. The van der Waals surface area contributed by atoms with Crippen LogP contribution in [-0.2, 0) is 0 Å². The molecule has 0 saturated heterocycles. The molecule has 0 amide bonds. The molecule has 0 radical (unpaired) electrons. The van der Waals surface area contributed by atoms with Crippen molar-refractivity contribution in [1.29, 1.82) is 0 Å². The summed E-state index contributed by atoms with van der Waals surface area (Å²) in [6.45, 7) is 7.99. The molecular weight excluding hydrogens is 312 g/mol. The zero-order valence-corrected chi connectivity index (χ0v) is 14.5. The van der Waals surface area contributed by atoms with Gasteiger partial charge in [-0.2, -0.15) is 0 Å². The van der Waals surface area contributed by atoms with Crippen LogP contribution in [0.3, 0.4) is 0 Å². The normalized spacial score (nSPS) is 23.1. The van der Waals surface area contributed by atoms with E-state index in [4.69, 9.17) is 0 Å². The van der Waals surface area contributed by atoms with Crippen molar-refractivity contribution in [3.63, 3.8) is 0 Å². The molecule has 2 nitrogen and oxygen atoms in total. The number of benzene rings is 1. The molecule has 1 aromatic carbocycles. The van der Waals surface area contributed by atoms with Gasteiger partial charge in [-0.3, -0.25) is 0 Å². The SMILES string of the molecule is CCNC(CCN(C)CC1CC1C)c1ccc(Br)cc1. The van der Waals surface area contributed by atoms with Crippen LogP contribution in [0.5, 0.6) is 0 Å². The Bertz CT molecular complexity index is 404. The number of nitrogens with one attached hydrogen (secondary N) is 1. The third-order valence-corrected chi connectivity index (χ3v) is 4.87. The van der Waals surface area contributed by atoms with E-state index < -0.39 is 0 Å². The highest BCUT2D eigenvalue weighted by Crippen LogP contribution is 2.38. The summed E-state index contributed by atoms with van der Waals surface area (Å²) in [6.07, 6.45) is 2.60. The van der Waals surface area contributed by atoms with Crippen molar-refractivity contribution < 1.29 is 0 Å². The fraction of sp³-hybridized carbons (Fsp3) is 0.647. The zero-order valence-electron chi connectivity index (χ0n) is 12.9. The summed E-state index contributed by atoms with van der Waals surface area (Å²) in [5.41, 5.74) is 1.39. The molecule has 0 bridgehead atoms. The fourth-order valence-corrected chi connectivity index (χ4v) is 3.09. The first-order valence-electron chi connectivity index (χ1n) is 7.77. The van der Waals surface area contributed by atoms with Crippen molar-refractivity contribution in [3.8, 4) is 0 Å². The quantitative estimate of drug-likeness (QED) is 0.768. The summed E-state index contributed by atoms with van der Waals surface area (Å²) in [5.74, 6) is 1.90. The molecule has 1 aromatic rings. The molecule has 112 valence electrons. The molecule has 1 aliphatic rings. The van der Waals surface area contributed by atoms with Gasteiger partial charge < -0.3 is 10.2 Å². The maximum atomic E-state index is 3.61. The third kappa shape index (κ3) is 4.87. The Morgan fingerprint density at radius 3 is 2.55 bits per heavy atom. The van der Waals surface area contributed by atoms with Gasteiger partial charge in [-0.25, -0.2) is 0 Å². The van der Waals surface area contributed by atoms with Crippen molar-refractivity contribution in [1.82, 2.24) is 10.2 Å². The van der Waals surface area contributed by atoms with Gasteiger partial charge in [0, 0.05) is 17.1 Å². The maximum Gasteiger partial charge on any atom is 0.0332 e. The van der Waals surface area contributed by atoms with Crippen molar-refractivity contribution >= 4 is 15.9 Å². The molecule has 0 aliphatic heterocycles. The van der Waals surface area contributed by atoms with E-state index in [9.17, 15) is 0 Å². The lowest BCUT2D eigenvalue weighted by atomic mass is 10.0. The van der Waals surface area contributed by atoms with Gasteiger partial charge in [0.25, 0.3) is 0 Å². The number of hydrogen-bond acceptors (Lipinski definition) is 2. The average Bonchev–Trinajstić information content (AvgIpc) is 3.11. The Kier molecular flexibility index (Phi) is 6.06. The van der Waals surface area contributed by atoms with E-state index >= 15 is 0 Å². The smallest absolute Gasteiger partial charge is 0.0332 e. The van der Waals surface area contributed by atoms with E-state index in [-0.39, 0.29) is 0 Å². The lowest BCUT2D eigenvalue weighted by Crippen LogP contribution is -2.28. The summed E-state index contributed by atoms with van der Waals surface area (Å²) in [5, 5.41) is 3.61. The number of hydrogen-bond donors (Lipinski definition) is 1. The van der Waals surface area contributed by atoms with Crippen molar-refractivity contribution in [2.75, 3.05) is 26.7 Å². The molecule has 20 heavy (non-hydrogen) atoms. The zero-order chi connectivity index (χ0) is 14.5. The largest absolute Gasteiger partial charge is 0.310 e. The molecule has 3 atom stereocenters. The van der Waals surface area contributed by atoms with Crippen molar-refractivity contribution in [3.05, 3.63) is 34.3 Å². The maximum absolute atomic E-state index is 3.61. The highest BCUT2D eigenvalue weighted by atomic mass is 79.9. The predicted molar refractivity (Wildman–Crippen MR) is 89.9 cm³/mol. The monoisotopic (exact) mass is 338 g/mol. The van der Waals surface area contributed by atoms with Crippen LogP contribution in [0.4, 0.5) is 0 Å². The minimum absolute atomic E-state index is 0.465. The molecule has 0 heterocycles. The third-order valence-electron chi connectivity index (χ3n) is 4.34. The van der Waals surface area contributed by atoms with Gasteiger partial charge in [-0.05, 0) is 62.5 Å². The van der Waals surface area contributed by atoms with Gasteiger partial charge in [-0.15, -0.1) is 0 Å². The van der Waals surface area contributed by atoms with Crippen LogP contribution in [0.15, 0.2) is 28.7 Å². The van der Waals surface area contributed by atoms with Crippen LogP contribution >= 0.6 is 15.9 Å². The topological polar surface area (TPSA) is 15.3 Å². The van der Waals surface area contributed by atoms with Crippen LogP contribution in [0.2, 0.25) is 0 Å². The summed E-state index contributed by atoms with van der Waals surface area (Å²) >= 11 is 3.51. The lowest BCUT2D eigenvalue weighted by Gasteiger charge is -2.23. The van der Waals surface area contributed by atoms with Gasteiger partial charge in [-0.1, -0.05) is 41.9 Å². The minimum atomic E-state index is 0.465. The van der Waals surface area contributed by atoms with Crippen molar-refractivity contribution in [2.45, 2.75) is 32.7 Å². The average molecular weight is 339 g/mol. The Morgan fingerprint density at radius 2 is 2.00 bits per heavy atom. The molecule has 0 spiro atoms. The van der Waals surface area contributed by atoms with E-state index in [0.717, 1.165) is 29.4 Å². The molecular formula is C17H27BrN2. The summed E-state index contributed by atoms with van der Waals surface area (Å²) in [6, 6.07) is 9.18. The van der Waals surface area contributed by atoms with Crippen LogP contribution in [0, 0.1) is 11.8 Å². The van der Waals surface area contributed by atoms with Crippen LogP contribution < -0.4 is 5.32 Å². The van der Waals surface area contributed by atoms with E-state index in [1.54, 1.807) is 0 Å². The molecule has 1 saturated carbocycles. The Labute approximate surface area is 132 Å². The van der Waals surface area contributed by atoms with Crippen molar-refractivity contribution in [2.24, 2.45) is 11.8 Å². The first-order valence-corrected chi connectivity index (χ1v) is 8.56. The number of nitrogens with zero attached hydrogens (tertiary/aromatic N) is 1. The molecule has 1 fully saturated rings. The first-order chi connectivity index (χ1) is 9.60. The Morgan fingerprint density at radius 1 is 1.35 bits per heavy atom. The minimum Gasteiger partial charge on any atom is -0.310 e.